The summed E-state index contributed by atoms with van der Waals surface area (Å²) in [5.74, 6) is -0.0929. The molecule has 1 fully saturated rings. The summed E-state index contributed by atoms with van der Waals surface area (Å²) in [4.78, 5) is 13.5. The maximum atomic E-state index is 11.6. The van der Waals surface area contributed by atoms with E-state index in [1.807, 2.05) is 42.2 Å². The van der Waals surface area contributed by atoms with Gasteiger partial charge in [0.25, 0.3) is 0 Å². The highest BCUT2D eigenvalue weighted by Crippen LogP contribution is 2.26. The summed E-state index contributed by atoms with van der Waals surface area (Å²) in [5, 5.41) is 3.14. The molecule has 1 aromatic carbocycles. The third kappa shape index (κ3) is 2.10. The van der Waals surface area contributed by atoms with E-state index < -0.39 is 4.32 Å². The summed E-state index contributed by atoms with van der Waals surface area (Å²) in [6.45, 7) is 2.36. The number of rotatable bonds is 1. The fourth-order valence-electron chi connectivity index (χ4n) is 1.55. The molecule has 84 valence electrons. The Bertz CT molecular complexity index is 433. The van der Waals surface area contributed by atoms with Gasteiger partial charge in [0.2, 0.25) is 5.91 Å². The van der Waals surface area contributed by atoms with Crippen LogP contribution in [0.3, 0.4) is 0 Å². The average molecular weight is 299 g/mol. The Balaban J connectivity index is 2.30. The third-order valence-corrected chi connectivity index (χ3v) is 3.40. The Morgan fingerprint density at radius 3 is 2.69 bits per heavy atom. The van der Waals surface area contributed by atoms with Gasteiger partial charge in [-0.1, -0.05) is 34.1 Å². The predicted octanol–water partition coefficient (Wildman–Crippen LogP) is 2.06. The number of hydrogen-bond acceptors (Lipinski definition) is 2. The lowest BCUT2D eigenvalue weighted by atomic mass is 10.1. The van der Waals surface area contributed by atoms with E-state index in [0.717, 1.165) is 5.69 Å². The van der Waals surface area contributed by atoms with Crippen LogP contribution in [0.5, 0.6) is 0 Å². The van der Waals surface area contributed by atoms with Crippen molar-refractivity contribution in [3.8, 4) is 0 Å². The number of amides is 1. The second-order valence-corrected chi connectivity index (χ2v) is 6.02. The van der Waals surface area contributed by atoms with Crippen LogP contribution in [0.15, 0.2) is 30.3 Å². The Labute approximate surface area is 108 Å². The molecule has 0 spiro atoms. The molecule has 0 radical (unpaired) electrons. The van der Waals surface area contributed by atoms with Crippen LogP contribution >= 0.6 is 28.1 Å². The normalized spacial score (nSPS) is 25.5. The predicted molar refractivity (Wildman–Crippen MR) is 71.9 cm³/mol. The van der Waals surface area contributed by atoms with E-state index in [0.29, 0.717) is 11.7 Å². The molecule has 1 unspecified atom stereocenters. The van der Waals surface area contributed by atoms with Crippen molar-refractivity contribution in [2.75, 3.05) is 11.4 Å². The Morgan fingerprint density at radius 2 is 2.06 bits per heavy atom. The smallest absolute Gasteiger partial charge is 0.244 e. The average Bonchev–Trinajstić information content (AvgIpc) is 2.25. The van der Waals surface area contributed by atoms with Crippen LogP contribution in [0, 0.1) is 0 Å². The van der Waals surface area contributed by atoms with Crippen LogP contribution in [0.25, 0.3) is 0 Å². The molecular weight excluding hydrogens is 288 g/mol. The quantitative estimate of drug-likeness (QED) is 0.636. The molecular formula is C11H11BrN2OS. The topological polar surface area (TPSA) is 32.3 Å². The SMILES string of the molecule is CC1(Br)CN(c2ccccc2)C(=S)NC1=O. The van der Waals surface area contributed by atoms with E-state index in [-0.39, 0.29) is 5.91 Å². The van der Waals surface area contributed by atoms with E-state index in [4.69, 9.17) is 12.2 Å². The molecule has 0 aliphatic carbocycles. The molecule has 3 nitrogen and oxygen atoms in total. The molecule has 1 aromatic rings. The van der Waals surface area contributed by atoms with E-state index in [1.54, 1.807) is 0 Å². The second-order valence-electron chi connectivity index (χ2n) is 3.88. The molecule has 1 amide bonds. The van der Waals surface area contributed by atoms with Gasteiger partial charge in [-0.2, -0.15) is 0 Å². The summed E-state index contributed by atoms with van der Waals surface area (Å²) in [6.07, 6.45) is 0. The molecule has 2 rings (SSSR count). The molecule has 5 heteroatoms. The zero-order valence-corrected chi connectivity index (χ0v) is 11.1. The first-order valence-electron chi connectivity index (χ1n) is 4.87. The number of hydrogen-bond donors (Lipinski definition) is 1. The summed E-state index contributed by atoms with van der Waals surface area (Å²) in [7, 11) is 0. The molecule has 1 heterocycles. The van der Waals surface area contributed by atoms with Crippen LogP contribution in [0.2, 0.25) is 0 Å². The molecule has 1 N–H and O–H groups in total. The summed E-state index contributed by atoms with van der Waals surface area (Å²) in [6, 6.07) is 9.77. The maximum Gasteiger partial charge on any atom is 0.244 e. The maximum absolute atomic E-state index is 11.6. The van der Waals surface area contributed by atoms with Gasteiger partial charge >= 0.3 is 0 Å². The molecule has 1 saturated heterocycles. The Morgan fingerprint density at radius 1 is 1.44 bits per heavy atom. The first-order valence-corrected chi connectivity index (χ1v) is 6.08. The largest absolute Gasteiger partial charge is 0.317 e. The molecule has 1 atom stereocenters. The standard InChI is InChI=1S/C11H11BrN2OS/c1-11(12)7-14(10(16)13-9(11)15)8-5-3-2-4-6-8/h2-6H,7H2,1H3,(H,13,15,16). The van der Waals surface area contributed by atoms with Crippen molar-refractivity contribution in [1.29, 1.82) is 0 Å². The molecule has 16 heavy (non-hydrogen) atoms. The fraction of sp³-hybridized carbons (Fsp3) is 0.273. The van der Waals surface area contributed by atoms with Crippen molar-refractivity contribution < 1.29 is 4.79 Å². The van der Waals surface area contributed by atoms with Crippen molar-refractivity contribution >= 4 is 44.9 Å². The lowest BCUT2D eigenvalue weighted by Crippen LogP contribution is -2.60. The monoisotopic (exact) mass is 298 g/mol. The molecule has 0 saturated carbocycles. The van der Waals surface area contributed by atoms with E-state index in [9.17, 15) is 4.79 Å². The van der Waals surface area contributed by atoms with E-state index in [2.05, 4.69) is 21.2 Å². The van der Waals surface area contributed by atoms with Gasteiger partial charge in [0.1, 0.15) is 4.32 Å². The van der Waals surface area contributed by atoms with Gasteiger partial charge in [-0.3, -0.25) is 4.79 Å². The zero-order valence-electron chi connectivity index (χ0n) is 8.74. The van der Waals surface area contributed by atoms with Crippen molar-refractivity contribution in [2.45, 2.75) is 11.2 Å². The van der Waals surface area contributed by atoms with Crippen LogP contribution < -0.4 is 10.2 Å². The molecule has 1 aliphatic heterocycles. The number of anilines is 1. The van der Waals surface area contributed by atoms with Crippen LogP contribution in [0.4, 0.5) is 5.69 Å². The van der Waals surface area contributed by atoms with Crippen molar-refractivity contribution in [3.63, 3.8) is 0 Å². The van der Waals surface area contributed by atoms with Crippen LogP contribution in [0.1, 0.15) is 6.92 Å². The first-order chi connectivity index (χ1) is 7.50. The lowest BCUT2D eigenvalue weighted by molar-refractivity contribution is -0.121. The molecule has 1 aliphatic rings. The number of nitrogens with one attached hydrogen (secondary N) is 1. The Kier molecular flexibility index (Phi) is 2.99. The molecule has 0 aromatic heterocycles. The second kappa shape index (κ2) is 4.14. The highest BCUT2D eigenvalue weighted by Gasteiger charge is 2.39. The summed E-state index contributed by atoms with van der Waals surface area (Å²) in [5.41, 5.74) is 0.984. The van der Waals surface area contributed by atoms with E-state index in [1.165, 1.54) is 0 Å². The van der Waals surface area contributed by atoms with Gasteiger partial charge in [0, 0.05) is 12.2 Å². The van der Waals surface area contributed by atoms with Crippen molar-refractivity contribution in [2.24, 2.45) is 0 Å². The number of alkyl halides is 1. The van der Waals surface area contributed by atoms with Crippen LogP contribution in [-0.2, 0) is 4.79 Å². The van der Waals surface area contributed by atoms with E-state index >= 15 is 0 Å². The van der Waals surface area contributed by atoms with Gasteiger partial charge in [-0.05, 0) is 31.3 Å². The number of halogens is 1. The highest BCUT2D eigenvalue weighted by molar-refractivity contribution is 9.10. The lowest BCUT2D eigenvalue weighted by Gasteiger charge is -2.37. The van der Waals surface area contributed by atoms with Gasteiger partial charge in [-0.25, -0.2) is 0 Å². The number of carbonyl (C=O) groups is 1. The summed E-state index contributed by atoms with van der Waals surface area (Å²) >= 11 is 8.57. The van der Waals surface area contributed by atoms with Gasteiger partial charge < -0.3 is 10.2 Å². The third-order valence-electron chi connectivity index (χ3n) is 2.46. The highest BCUT2D eigenvalue weighted by atomic mass is 79.9. The number of para-hydroxylation sites is 1. The number of thiocarbonyl (C=S) groups is 1. The zero-order chi connectivity index (χ0) is 11.8. The number of nitrogens with zero attached hydrogens (tertiary/aromatic N) is 1. The van der Waals surface area contributed by atoms with Gasteiger partial charge in [-0.15, -0.1) is 0 Å². The van der Waals surface area contributed by atoms with Crippen LogP contribution in [-0.4, -0.2) is 21.9 Å². The minimum absolute atomic E-state index is 0.0929. The minimum Gasteiger partial charge on any atom is -0.317 e. The minimum atomic E-state index is -0.606. The molecule has 0 bridgehead atoms. The van der Waals surface area contributed by atoms with Crippen molar-refractivity contribution in [1.82, 2.24) is 5.32 Å². The fourth-order valence-corrected chi connectivity index (χ4v) is 2.16. The first kappa shape index (κ1) is 11.5. The number of benzene rings is 1. The summed E-state index contributed by atoms with van der Waals surface area (Å²) < 4.78 is -0.606. The van der Waals surface area contributed by atoms with Crippen molar-refractivity contribution in [3.05, 3.63) is 30.3 Å². The van der Waals surface area contributed by atoms with Gasteiger partial charge in [0.05, 0.1) is 0 Å². The Hall–Kier alpha value is -0.940. The number of carbonyl (C=O) groups excluding carboxylic acids is 1. The van der Waals surface area contributed by atoms with Gasteiger partial charge in [0.15, 0.2) is 5.11 Å².